The number of para-hydroxylation sites is 1. The van der Waals surface area contributed by atoms with Gasteiger partial charge in [-0.3, -0.25) is 14.6 Å². The molecule has 0 radical (unpaired) electrons. The van der Waals surface area contributed by atoms with E-state index in [9.17, 15) is 9.59 Å². The minimum absolute atomic E-state index is 0. The van der Waals surface area contributed by atoms with E-state index in [-0.39, 0.29) is 49.1 Å². The normalized spacial score (nSPS) is 14.6. The van der Waals surface area contributed by atoms with Crippen LogP contribution in [0.25, 0.3) is 0 Å². The van der Waals surface area contributed by atoms with E-state index in [1.54, 1.807) is 48.8 Å². The number of rotatable bonds is 6. The van der Waals surface area contributed by atoms with E-state index in [0.29, 0.717) is 17.9 Å². The summed E-state index contributed by atoms with van der Waals surface area (Å²) in [7, 11) is 0. The zero-order valence-corrected chi connectivity index (χ0v) is 18.7. The van der Waals surface area contributed by atoms with Gasteiger partial charge in [-0.25, -0.2) is 0 Å². The Morgan fingerprint density at radius 2 is 1.72 bits per heavy atom. The number of halogens is 2. The molecule has 0 saturated carbocycles. The molecule has 32 heavy (non-hydrogen) atoms. The molecule has 7 nitrogen and oxygen atoms in total. The molecular formula is C23H24Cl2N4O3. The third-order valence-electron chi connectivity index (χ3n) is 4.98. The molecule has 9 heteroatoms. The smallest absolute Gasteiger partial charge is 0.255 e. The topological polar surface area (TPSA) is 106 Å². The van der Waals surface area contributed by atoms with Crippen LogP contribution in [0.2, 0.25) is 0 Å². The first-order valence-corrected chi connectivity index (χ1v) is 9.68. The van der Waals surface area contributed by atoms with Crippen LogP contribution in [0.5, 0.6) is 5.75 Å². The lowest BCUT2D eigenvalue weighted by atomic mass is 10.0. The van der Waals surface area contributed by atoms with Gasteiger partial charge in [0.05, 0.1) is 6.04 Å². The van der Waals surface area contributed by atoms with E-state index in [0.717, 1.165) is 16.9 Å². The average molecular weight is 475 g/mol. The molecule has 0 unspecified atom stereocenters. The molecular weight excluding hydrogens is 451 g/mol. The van der Waals surface area contributed by atoms with Gasteiger partial charge in [-0.1, -0.05) is 30.3 Å². The minimum atomic E-state index is -0.472. The predicted octanol–water partition coefficient (Wildman–Crippen LogP) is 3.82. The van der Waals surface area contributed by atoms with Crippen LogP contribution < -0.4 is 21.1 Å². The molecule has 168 valence electrons. The summed E-state index contributed by atoms with van der Waals surface area (Å²) in [4.78, 5) is 28.7. The van der Waals surface area contributed by atoms with Crippen molar-refractivity contribution in [2.45, 2.75) is 18.5 Å². The maximum Gasteiger partial charge on any atom is 0.255 e. The van der Waals surface area contributed by atoms with Gasteiger partial charge in [0, 0.05) is 41.7 Å². The van der Waals surface area contributed by atoms with Gasteiger partial charge in [-0.05, 0) is 35.9 Å². The molecule has 0 aliphatic carbocycles. The lowest BCUT2D eigenvalue weighted by molar-refractivity contribution is -0.122. The second-order valence-electron chi connectivity index (χ2n) is 7.09. The number of benzene rings is 2. The van der Waals surface area contributed by atoms with Crippen molar-refractivity contribution >= 4 is 42.3 Å². The Morgan fingerprint density at radius 3 is 2.44 bits per heavy atom. The summed E-state index contributed by atoms with van der Waals surface area (Å²) < 4.78 is 5.59. The number of nitrogens with zero attached hydrogens (tertiary/aromatic N) is 1. The summed E-state index contributed by atoms with van der Waals surface area (Å²) in [6, 6.07) is 17.4. The molecule has 2 heterocycles. The Balaban J connectivity index is 0.00000181. The van der Waals surface area contributed by atoms with Gasteiger partial charge in [-0.2, -0.15) is 0 Å². The zero-order valence-electron chi connectivity index (χ0n) is 17.1. The largest absolute Gasteiger partial charge is 0.491 e. The van der Waals surface area contributed by atoms with E-state index >= 15 is 0 Å². The lowest BCUT2D eigenvalue weighted by Crippen LogP contribution is -2.31. The second-order valence-corrected chi connectivity index (χ2v) is 7.09. The number of amides is 2. The first-order valence-electron chi connectivity index (χ1n) is 9.68. The van der Waals surface area contributed by atoms with E-state index in [1.165, 1.54) is 0 Å². The van der Waals surface area contributed by atoms with Crippen molar-refractivity contribution in [2.75, 3.05) is 11.9 Å². The molecule has 0 spiro atoms. The number of fused-ring (bicyclic) bond motifs is 1. The highest BCUT2D eigenvalue weighted by Crippen LogP contribution is 2.31. The number of carbonyl (C=O) groups excluding carboxylic acids is 2. The van der Waals surface area contributed by atoms with Gasteiger partial charge in [-0.15, -0.1) is 24.8 Å². The average Bonchev–Trinajstić information content (AvgIpc) is 3.17. The molecule has 1 aliphatic rings. The minimum Gasteiger partial charge on any atom is -0.491 e. The van der Waals surface area contributed by atoms with E-state index in [1.807, 2.05) is 24.3 Å². The molecule has 2 aromatic carbocycles. The number of anilines is 1. The third-order valence-corrected chi connectivity index (χ3v) is 4.98. The van der Waals surface area contributed by atoms with Crippen molar-refractivity contribution in [3.63, 3.8) is 0 Å². The number of aromatic nitrogens is 1. The Morgan fingerprint density at radius 1 is 1.03 bits per heavy atom. The summed E-state index contributed by atoms with van der Waals surface area (Å²) in [5.41, 5.74) is 9.15. The Hall–Kier alpha value is -3.13. The van der Waals surface area contributed by atoms with E-state index in [2.05, 4.69) is 15.6 Å². The van der Waals surface area contributed by atoms with Gasteiger partial charge >= 0.3 is 0 Å². The number of carbonyl (C=O) groups is 2. The molecule has 0 saturated heterocycles. The van der Waals surface area contributed by atoms with Crippen LogP contribution in [0, 0.1) is 0 Å². The number of hydrogen-bond acceptors (Lipinski definition) is 5. The molecule has 2 atom stereocenters. The van der Waals surface area contributed by atoms with Gasteiger partial charge in [0.15, 0.2) is 0 Å². The summed E-state index contributed by atoms with van der Waals surface area (Å²) in [5, 5.41) is 5.78. The highest BCUT2D eigenvalue weighted by Gasteiger charge is 2.25. The Labute approximate surface area is 198 Å². The number of nitrogens with one attached hydrogen (secondary N) is 2. The molecule has 0 fully saturated rings. The molecule has 0 bridgehead atoms. The summed E-state index contributed by atoms with van der Waals surface area (Å²) in [6.07, 6.45) is 3.36. The number of ether oxygens (including phenoxy) is 1. The third kappa shape index (κ3) is 5.97. The summed E-state index contributed by atoms with van der Waals surface area (Å²) in [6.45, 7) is 0.418. The van der Waals surface area contributed by atoms with Crippen LogP contribution in [0.4, 0.5) is 5.69 Å². The molecule has 1 aromatic heterocycles. The fourth-order valence-corrected chi connectivity index (χ4v) is 3.37. The van der Waals surface area contributed by atoms with Crippen LogP contribution in [-0.2, 0) is 4.79 Å². The van der Waals surface area contributed by atoms with Crippen molar-refractivity contribution in [2.24, 2.45) is 5.73 Å². The quantitative estimate of drug-likeness (QED) is 0.503. The first kappa shape index (κ1) is 25.1. The molecule has 2 amide bonds. The SMILES string of the molecule is Cl.Cl.N[C@@H](CC(=O)N[C@@H]1COc2ccccc21)c1ccc(C(=O)Nc2ccncc2)cc1. The standard InChI is InChI=1S/C23H22N4O3.2ClH/c24-19(13-22(28)27-20-14-30-21-4-2-1-3-18(20)21)15-5-7-16(8-6-15)23(29)26-17-9-11-25-12-10-17;;/h1-12,19-20H,13-14,24H2,(H,27,28)(H,25,26,29);2*1H/t19-,20+;;/m0../s1. The molecule has 4 rings (SSSR count). The summed E-state index contributed by atoms with van der Waals surface area (Å²) in [5.74, 6) is 0.430. The van der Waals surface area contributed by atoms with Crippen LogP contribution in [0.3, 0.4) is 0 Å². The van der Waals surface area contributed by atoms with Gasteiger partial charge in [0.2, 0.25) is 5.91 Å². The van der Waals surface area contributed by atoms with Crippen LogP contribution in [0.15, 0.2) is 73.1 Å². The number of hydrogen-bond donors (Lipinski definition) is 3. The fourth-order valence-electron chi connectivity index (χ4n) is 3.37. The second kappa shape index (κ2) is 11.5. The Kier molecular flexibility index (Phi) is 9.02. The van der Waals surface area contributed by atoms with Gasteiger partial charge in [0.25, 0.3) is 5.91 Å². The highest BCUT2D eigenvalue weighted by atomic mass is 35.5. The fraction of sp³-hybridized carbons (Fsp3) is 0.174. The van der Waals surface area contributed by atoms with Crippen LogP contribution >= 0.6 is 24.8 Å². The maximum atomic E-state index is 12.5. The number of nitrogens with two attached hydrogens (primary N) is 1. The van der Waals surface area contributed by atoms with E-state index in [4.69, 9.17) is 10.5 Å². The lowest BCUT2D eigenvalue weighted by Gasteiger charge is -2.16. The van der Waals surface area contributed by atoms with Crippen molar-refractivity contribution in [3.8, 4) is 5.75 Å². The highest BCUT2D eigenvalue weighted by molar-refractivity contribution is 6.04. The van der Waals surface area contributed by atoms with Crippen LogP contribution in [-0.4, -0.2) is 23.4 Å². The molecule has 1 aliphatic heterocycles. The number of pyridine rings is 1. The van der Waals surface area contributed by atoms with Crippen molar-refractivity contribution in [1.82, 2.24) is 10.3 Å². The van der Waals surface area contributed by atoms with Crippen molar-refractivity contribution in [3.05, 3.63) is 89.7 Å². The first-order chi connectivity index (χ1) is 14.6. The Bertz CT molecular complexity index is 1050. The van der Waals surface area contributed by atoms with Gasteiger partial charge in [0.1, 0.15) is 12.4 Å². The van der Waals surface area contributed by atoms with Gasteiger partial charge < -0.3 is 21.1 Å². The van der Waals surface area contributed by atoms with Crippen molar-refractivity contribution in [1.29, 1.82) is 0 Å². The predicted molar refractivity (Wildman–Crippen MR) is 127 cm³/mol. The molecule has 3 aromatic rings. The summed E-state index contributed by atoms with van der Waals surface area (Å²) >= 11 is 0. The van der Waals surface area contributed by atoms with E-state index < -0.39 is 6.04 Å². The molecule has 4 N–H and O–H groups in total. The van der Waals surface area contributed by atoms with Crippen LogP contribution in [0.1, 0.15) is 40.0 Å². The maximum absolute atomic E-state index is 12.5. The zero-order chi connectivity index (χ0) is 20.9. The monoisotopic (exact) mass is 474 g/mol. The van der Waals surface area contributed by atoms with Crippen molar-refractivity contribution < 1.29 is 14.3 Å².